The highest BCUT2D eigenvalue weighted by atomic mass is 79.9. The van der Waals surface area contributed by atoms with E-state index in [-0.39, 0.29) is 18.8 Å². The first-order valence-corrected chi connectivity index (χ1v) is 8.12. The van der Waals surface area contributed by atoms with Gasteiger partial charge in [0.25, 0.3) is 0 Å². The average molecular weight is 379 g/mol. The first-order chi connectivity index (χ1) is 11.0. The molecule has 0 radical (unpaired) electrons. The summed E-state index contributed by atoms with van der Waals surface area (Å²) in [5.74, 6) is -2.50. The first-order valence-electron chi connectivity index (χ1n) is 7.33. The predicted molar refractivity (Wildman–Crippen MR) is 86.1 cm³/mol. The van der Waals surface area contributed by atoms with Gasteiger partial charge in [-0.2, -0.15) is 5.10 Å². The number of benzene rings is 1. The lowest BCUT2D eigenvalue weighted by Crippen LogP contribution is -2.37. The molecule has 0 atom stereocenters. The molecule has 0 N–H and O–H groups in total. The average Bonchev–Trinajstić information content (AvgIpc) is 2.93. The maximum absolute atomic E-state index is 12.9. The molecule has 118 valence electrons. The molecule has 1 aliphatic carbocycles. The Kier molecular flexibility index (Phi) is 3.41. The Morgan fingerprint density at radius 1 is 1.17 bits per heavy atom. The van der Waals surface area contributed by atoms with Gasteiger partial charge in [0.1, 0.15) is 10.3 Å². The van der Waals surface area contributed by atoms with Gasteiger partial charge < -0.3 is 0 Å². The highest BCUT2D eigenvalue weighted by molar-refractivity contribution is 9.10. The Hall–Kier alpha value is -1.89. The van der Waals surface area contributed by atoms with Gasteiger partial charge in [0.15, 0.2) is 0 Å². The van der Waals surface area contributed by atoms with Gasteiger partial charge in [0.05, 0.1) is 17.2 Å². The lowest BCUT2D eigenvalue weighted by molar-refractivity contribution is -0.114. The van der Waals surface area contributed by atoms with E-state index in [9.17, 15) is 8.78 Å². The van der Waals surface area contributed by atoms with Crippen LogP contribution in [0, 0.1) is 5.92 Å². The van der Waals surface area contributed by atoms with Gasteiger partial charge in [-0.05, 0) is 34.0 Å². The van der Waals surface area contributed by atoms with Crippen LogP contribution in [0.1, 0.15) is 12.8 Å². The van der Waals surface area contributed by atoms with Crippen molar-refractivity contribution in [3.63, 3.8) is 0 Å². The number of halogens is 3. The third-order valence-corrected chi connectivity index (χ3v) is 4.61. The van der Waals surface area contributed by atoms with E-state index in [0.29, 0.717) is 16.8 Å². The summed E-state index contributed by atoms with van der Waals surface area (Å²) < 4.78 is 28.2. The molecule has 0 unspecified atom stereocenters. The third kappa shape index (κ3) is 2.85. The molecule has 1 saturated carbocycles. The van der Waals surface area contributed by atoms with E-state index >= 15 is 0 Å². The minimum Gasteiger partial charge on any atom is -0.272 e. The fraction of sp³-hybridized carbons (Fsp3) is 0.312. The number of para-hydroxylation sites is 2. The van der Waals surface area contributed by atoms with Crippen molar-refractivity contribution in [1.29, 1.82) is 0 Å². The second-order valence-corrected chi connectivity index (χ2v) is 6.68. The topological polar surface area (TPSA) is 43.6 Å². The second-order valence-electron chi connectivity index (χ2n) is 5.93. The lowest BCUT2D eigenvalue weighted by atomic mass is 9.81. The van der Waals surface area contributed by atoms with Crippen LogP contribution in [0.15, 0.2) is 41.3 Å². The van der Waals surface area contributed by atoms with Crippen LogP contribution in [0.25, 0.3) is 22.3 Å². The number of hydrogen-bond acceptors (Lipinski definition) is 3. The molecule has 0 aliphatic heterocycles. The standard InChI is InChI=1S/C16H13BrF2N4/c17-15-14(21-12-3-1-2-4-13(12)22-15)11-7-20-23(9-11)8-10-5-16(18,19)6-10/h1-4,7,9-10H,5-6,8H2. The molecular formula is C16H13BrF2N4. The monoisotopic (exact) mass is 378 g/mol. The number of rotatable bonds is 3. The van der Waals surface area contributed by atoms with E-state index in [1.54, 1.807) is 10.9 Å². The van der Waals surface area contributed by atoms with E-state index in [1.807, 2.05) is 30.5 Å². The van der Waals surface area contributed by atoms with Crippen molar-refractivity contribution in [2.75, 3.05) is 0 Å². The normalized spacial score (nSPS) is 17.3. The Morgan fingerprint density at radius 3 is 2.57 bits per heavy atom. The van der Waals surface area contributed by atoms with Crippen molar-refractivity contribution < 1.29 is 8.78 Å². The van der Waals surface area contributed by atoms with E-state index in [1.165, 1.54) is 0 Å². The van der Waals surface area contributed by atoms with Gasteiger partial charge in [-0.3, -0.25) is 4.68 Å². The van der Waals surface area contributed by atoms with Crippen molar-refractivity contribution in [2.45, 2.75) is 25.3 Å². The van der Waals surface area contributed by atoms with Crippen molar-refractivity contribution in [1.82, 2.24) is 19.7 Å². The summed E-state index contributed by atoms with van der Waals surface area (Å²) in [5.41, 5.74) is 3.14. The predicted octanol–water partition coefficient (Wildman–Crippen LogP) is 4.30. The van der Waals surface area contributed by atoms with Crippen molar-refractivity contribution in [3.05, 3.63) is 41.3 Å². The summed E-state index contributed by atoms with van der Waals surface area (Å²) >= 11 is 3.44. The maximum atomic E-state index is 12.9. The zero-order chi connectivity index (χ0) is 16.0. The molecule has 2 heterocycles. The van der Waals surface area contributed by atoms with E-state index in [4.69, 9.17) is 0 Å². The molecule has 0 amide bonds. The molecule has 1 aliphatic rings. The van der Waals surface area contributed by atoms with Crippen molar-refractivity contribution >= 4 is 27.0 Å². The van der Waals surface area contributed by atoms with Crippen molar-refractivity contribution in [3.8, 4) is 11.3 Å². The minimum atomic E-state index is -2.49. The second kappa shape index (κ2) is 5.33. The molecule has 23 heavy (non-hydrogen) atoms. The Bertz CT molecular complexity index is 869. The van der Waals surface area contributed by atoms with Crippen LogP contribution in [-0.2, 0) is 6.54 Å². The number of alkyl halides is 2. The van der Waals surface area contributed by atoms with Crippen LogP contribution in [0.2, 0.25) is 0 Å². The molecular weight excluding hydrogens is 366 g/mol. The fourth-order valence-corrected chi connectivity index (χ4v) is 3.44. The highest BCUT2D eigenvalue weighted by Crippen LogP contribution is 2.43. The van der Waals surface area contributed by atoms with Gasteiger partial charge in [-0.25, -0.2) is 18.7 Å². The fourth-order valence-electron chi connectivity index (χ4n) is 2.93. The molecule has 0 spiro atoms. The van der Waals surface area contributed by atoms with Gasteiger partial charge >= 0.3 is 0 Å². The number of fused-ring (bicyclic) bond motifs is 1. The molecule has 4 nitrogen and oxygen atoms in total. The van der Waals surface area contributed by atoms with Crippen LogP contribution in [0.4, 0.5) is 8.78 Å². The summed E-state index contributed by atoms with van der Waals surface area (Å²) in [6.45, 7) is 0.508. The SMILES string of the molecule is FC1(F)CC(Cn2cc(-c3nc4ccccc4nc3Br)cn2)C1. The zero-order valence-corrected chi connectivity index (χ0v) is 13.7. The van der Waals surface area contributed by atoms with Crippen LogP contribution in [0.3, 0.4) is 0 Å². The van der Waals surface area contributed by atoms with Gasteiger partial charge in [-0.1, -0.05) is 12.1 Å². The summed E-state index contributed by atoms with van der Waals surface area (Å²) in [7, 11) is 0. The Morgan fingerprint density at radius 2 is 1.87 bits per heavy atom. The smallest absolute Gasteiger partial charge is 0.248 e. The van der Waals surface area contributed by atoms with Gasteiger partial charge in [-0.15, -0.1) is 0 Å². The van der Waals surface area contributed by atoms with Gasteiger partial charge in [0.2, 0.25) is 5.92 Å². The molecule has 1 aromatic carbocycles. The van der Waals surface area contributed by atoms with Crippen LogP contribution >= 0.6 is 15.9 Å². The summed E-state index contributed by atoms with van der Waals surface area (Å²) in [4.78, 5) is 9.10. The molecule has 0 bridgehead atoms. The molecule has 4 rings (SSSR count). The number of hydrogen-bond donors (Lipinski definition) is 0. The van der Waals surface area contributed by atoms with Crippen LogP contribution in [-0.4, -0.2) is 25.7 Å². The van der Waals surface area contributed by atoms with E-state index in [0.717, 1.165) is 16.6 Å². The number of nitrogens with zero attached hydrogens (tertiary/aromatic N) is 4. The molecule has 2 aromatic heterocycles. The minimum absolute atomic E-state index is 0.0103. The van der Waals surface area contributed by atoms with Crippen molar-refractivity contribution in [2.24, 2.45) is 5.92 Å². The largest absolute Gasteiger partial charge is 0.272 e. The molecule has 1 fully saturated rings. The summed E-state index contributed by atoms with van der Waals surface area (Å²) in [6, 6.07) is 7.63. The Labute approximate surface area is 139 Å². The third-order valence-electron chi connectivity index (χ3n) is 4.05. The quantitative estimate of drug-likeness (QED) is 0.682. The highest BCUT2D eigenvalue weighted by Gasteiger charge is 2.45. The van der Waals surface area contributed by atoms with E-state index < -0.39 is 5.92 Å². The maximum Gasteiger partial charge on any atom is 0.248 e. The molecule has 0 saturated heterocycles. The lowest BCUT2D eigenvalue weighted by Gasteiger charge is -2.34. The van der Waals surface area contributed by atoms with Crippen LogP contribution < -0.4 is 0 Å². The first kappa shape index (κ1) is 14.7. The summed E-state index contributed by atoms with van der Waals surface area (Å²) in [6.07, 6.45) is 3.42. The van der Waals surface area contributed by atoms with Gasteiger partial charge in [0, 0.05) is 31.1 Å². The Balaban J connectivity index is 1.60. The zero-order valence-electron chi connectivity index (χ0n) is 12.1. The number of aromatic nitrogens is 4. The van der Waals surface area contributed by atoms with E-state index in [2.05, 4.69) is 31.0 Å². The van der Waals surface area contributed by atoms with Crippen LogP contribution in [0.5, 0.6) is 0 Å². The summed E-state index contributed by atoms with van der Waals surface area (Å²) in [5, 5.41) is 4.27. The molecule has 7 heteroatoms. The molecule has 3 aromatic rings.